The molecule has 3 nitrogen and oxygen atoms in total. The number of hydrogen-bond donors (Lipinski definition) is 2. The highest BCUT2D eigenvalue weighted by Gasteiger charge is 2.27. The first-order chi connectivity index (χ1) is 8.61. The third kappa shape index (κ3) is 2.85. The van der Waals surface area contributed by atoms with Crippen molar-refractivity contribution in [3.05, 3.63) is 34.3 Å². The van der Waals surface area contributed by atoms with Crippen LogP contribution in [0.15, 0.2) is 18.2 Å². The number of nitrogens with one attached hydrogen (secondary N) is 1. The van der Waals surface area contributed by atoms with Crippen molar-refractivity contribution >= 4 is 17.6 Å². The minimum absolute atomic E-state index is 0.143. The standard InChI is InChI=1S/C14H18ClNO2/c1-2-3-13(14(17)18)16-12-7-4-9-8-10(15)5-6-11(9)12/h5-6,8,12-13,16H,2-4,7H2,1H3,(H,17,18). The second-order valence-corrected chi connectivity index (χ2v) is 5.22. The lowest BCUT2D eigenvalue weighted by atomic mass is 10.1. The second kappa shape index (κ2) is 5.72. The van der Waals surface area contributed by atoms with Crippen LogP contribution in [0.2, 0.25) is 5.02 Å². The van der Waals surface area contributed by atoms with Crippen LogP contribution in [-0.2, 0) is 11.2 Å². The molecule has 0 spiro atoms. The SMILES string of the molecule is CCCC(NC1CCc2cc(Cl)ccc21)C(=O)O. The van der Waals surface area contributed by atoms with Gasteiger partial charge in [0.05, 0.1) is 0 Å². The van der Waals surface area contributed by atoms with E-state index in [-0.39, 0.29) is 6.04 Å². The van der Waals surface area contributed by atoms with Crippen molar-refractivity contribution in [2.45, 2.75) is 44.7 Å². The van der Waals surface area contributed by atoms with Crippen LogP contribution in [0.5, 0.6) is 0 Å². The maximum absolute atomic E-state index is 11.2. The highest BCUT2D eigenvalue weighted by Crippen LogP contribution is 2.33. The Morgan fingerprint density at radius 2 is 2.39 bits per heavy atom. The summed E-state index contributed by atoms with van der Waals surface area (Å²) in [5.74, 6) is -0.765. The Balaban J connectivity index is 2.11. The molecule has 0 fully saturated rings. The topological polar surface area (TPSA) is 49.3 Å². The van der Waals surface area contributed by atoms with Crippen LogP contribution in [0.3, 0.4) is 0 Å². The Morgan fingerprint density at radius 1 is 1.61 bits per heavy atom. The first-order valence-electron chi connectivity index (χ1n) is 6.39. The van der Waals surface area contributed by atoms with E-state index in [4.69, 9.17) is 11.6 Å². The Hall–Kier alpha value is -1.06. The van der Waals surface area contributed by atoms with Crippen LogP contribution >= 0.6 is 11.6 Å². The first-order valence-corrected chi connectivity index (χ1v) is 6.76. The molecule has 1 aromatic rings. The van der Waals surface area contributed by atoms with Gasteiger partial charge in [-0.05, 0) is 42.5 Å². The van der Waals surface area contributed by atoms with Crippen molar-refractivity contribution in [1.82, 2.24) is 5.32 Å². The molecule has 0 saturated carbocycles. The number of hydrogen-bond acceptors (Lipinski definition) is 2. The van der Waals surface area contributed by atoms with Crippen molar-refractivity contribution in [3.63, 3.8) is 0 Å². The molecule has 0 heterocycles. The zero-order chi connectivity index (χ0) is 13.1. The zero-order valence-corrected chi connectivity index (χ0v) is 11.2. The first kappa shape index (κ1) is 13.4. The maximum Gasteiger partial charge on any atom is 0.320 e. The van der Waals surface area contributed by atoms with E-state index in [9.17, 15) is 9.90 Å². The molecule has 1 aliphatic rings. The fourth-order valence-corrected chi connectivity index (χ4v) is 2.76. The summed E-state index contributed by atoms with van der Waals surface area (Å²) >= 11 is 5.96. The van der Waals surface area contributed by atoms with Crippen molar-refractivity contribution in [2.24, 2.45) is 0 Å². The largest absolute Gasteiger partial charge is 0.480 e. The Kier molecular flexibility index (Phi) is 4.25. The minimum Gasteiger partial charge on any atom is -0.480 e. The molecule has 2 rings (SSSR count). The zero-order valence-electron chi connectivity index (χ0n) is 10.4. The minimum atomic E-state index is -0.765. The van der Waals surface area contributed by atoms with Gasteiger partial charge in [-0.15, -0.1) is 0 Å². The summed E-state index contributed by atoms with van der Waals surface area (Å²) in [6, 6.07) is 5.55. The number of aryl methyl sites for hydroxylation is 1. The maximum atomic E-state index is 11.2. The molecule has 0 amide bonds. The number of fused-ring (bicyclic) bond motifs is 1. The van der Waals surface area contributed by atoms with E-state index in [1.54, 1.807) is 0 Å². The van der Waals surface area contributed by atoms with Gasteiger partial charge in [0.2, 0.25) is 0 Å². The average molecular weight is 268 g/mol. The number of halogens is 1. The summed E-state index contributed by atoms with van der Waals surface area (Å²) in [5, 5.41) is 13.2. The average Bonchev–Trinajstić information content (AvgIpc) is 2.71. The normalized spacial score (nSPS) is 19.6. The summed E-state index contributed by atoms with van der Waals surface area (Å²) in [5.41, 5.74) is 2.43. The summed E-state index contributed by atoms with van der Waals surface area (Å²) in [6.07, 6.45) is 3.44. The summed E-state index contributed by atoms with van der Waals surface area (Å²) < 4.78 is 0. The van der Waals surface area contributed by atoms with Gasteiger partial charge in [-0.3, -0.25) is 10.1 Å². The van der Waals surface area contributed by atoms with E-state index >= 15 is 0 Å². The van der Waals surface area contributed by atoms with Gasteiger partial charge in [-0.1, -0.05) is 31.0 Å². The van der Waals surface area contributed by atoms with E-state index in [0.29, 0.717) is 6.42 Å². The van der Waals surface area contributed by atoms with Crippen molar-refractivity contribution in [2.75, 3.05) is 0 Å². The predicted octanol–water partition coefficient (Wildman–Crippen LogP) is 3.17. The molecule has 2 N–H and O–H groups in total. The summed E-state index contributed by atoms with van der Waals surface area (Å²) in [6.45, 7) is 2.00. The smallest absolute Gasteiger partial charge is 0.320 e. The quantitative estimate of drug-likeness (QED) is 0.862. The van der Waals surface area contributed by atoms with Gasteiger partial charge >= 0.3 is 5.97 Å². The highest BCUT2D eigenvalue weighted by molar-refractivity contribution is 6.30. The fraction of sp³-hybridized carbons (Fsp3) is 0.500. The summed E-state index contributed by atoms with van der Waals surface area (Å²) in [4.78, 5) is 11.2. The lowest BCUT2D eigenvalue weighted by Gasteiger charge is -2.20. The van der Waals surface area contributed by atoms with Crippen LogP contribution in [0.1, 0.15) is 43.4 Å². The molecular formula is C14H18ClNO2. The van der Waals surface area contributed by atoms with Crippen LogP contribution < -0.4 is 5.32 Å². The number of benzene rings is 1. The van der Waals surface area contributed by atoms with E-state index in [1.165, 1.54) is 11.1 Å². The Morgan fingerprint density at radius 3 is 3.06 bits per heavy atom. The number of carboxylic acids is 1. The molecule has 2 atom stereocenters. The van der Waals surface area contributed by atoms with Crippen LogP contribution in [0.25, 0.3) is 0 Å². The predicted molar refractivity (Wildman–Crippen MR) is 72.0 cm³/mol. The molecule has 0 saturated heterocycles. The molecule has 2 unspecified atom stereocenters. The molecule has 0 aromatic heterocycles. The molecule has 1 aliphatic carbocycles. The third-order valence-electron chi connectivity index (χ3n) is 3.46. The van der Waals surface area contributed by atoms with Gasteiger partial charge in [0, 0.05) is 11.1 Å². The number of carboxylic acid groups (broad SMARTS) is 1. The number of rotatable bonds is 5. The van der Waals surface area contributed by atoms with Crippen molar-refractivity contribution < 1.29 is 9.90 Å². The molecule has 98 valence electrons. The van der Waals surface area contributed by atoms with E-state index in [0.717, 1.165) is 24.3 Å². The van der Waals surface area contributed by atoms with Crippen LogP contribution in [0, 0.1) is 0 Å². The Labute approximate surface area is 112 Å². The molecular weight excluding hydrogens is 250 g/mol. The molecule has 0 aliphatic heterocycles. The van der Waals surface area contributed by atoms with Crippen molar-refractivity contribution in [3.8, 4) is 0 Å². The molecule has 0 radical (unpaired) electrons. The monoisotopic (exact) mass is 267 g/mol. The van der Waals surface area contributed by atoms with Gasteiger partial charge in [0.15, 0.2) is 0 Å². The van der Waals surface area contributed by atoms with Gasteiger partial charge in [0.25, 0.3) is 0 Å². The third-order valence-corrected chi connectivity index (χ3v) is 3.70. The molecule has 1 aromatic carbocycles. The summed E-state index contributed by atoms with van der Waals surface area (Å²) in [7, 11) is 0. The van der Waals surface area contributed by atoms with Gasteiger partial charge in [-0.25, -0.2) is 0 Å². The lowest BCUT2D eigenvalue weighted by molar-refractivity contribution is -0.139. The van der Waals surface area contributed by atoms with E-state index < -0.39 is 12.0 Å². The Bertz CT molecular complexity index is 447. The van der Waals surface area contributed by atoms with E-state index in [2.05, 4.69) is 5.32 Å². The van der Waals surface area contributed by atoms with E-state index in [1.807, 2.05) is 25.1 Å². The molecule has 18 heavy (non-hydrogen) atoms. The van der Waals surface area contributed by atoms with Gasteiger partial charge in [0.1, 0.15) is 6.04 Å². The number of aliphatic carboxylic acids is 1. The second-order valence-electron chi connectivity index (χ2n) is 4.78. The lowest BCUT2D eigenvalue weighted by Crippen LogP contribution is -2.38. The number of carbonyl (C=O) groups is 1. The van der Waals surface area contributed by atoms with Gasteiger partial charge in [-0.2, -0.15) is 0 Å². The van der Waals surface area contributed by atoms with Gasteiger partial charge < -0.3 is 5.11 Å². The highest BCUT2D eigenvalue weighted by atomic mass is 35.5. The molecule has 0 bridgehead atoms. The van der Waals surface area contributed by atoms with Crippen LogP contribution in [0.4, 0.5) is 0 Å². The van der Waals surface area contributed by atoms with Crippen LogP contribution in [-0.4, -0.2) is 17.1 Å². The fourth-order valence-electron chi connectivity index (χ4n) is 2.57. The van der Waals surface area contributed by atoms with Crippen molar-refractivity contribution in [1.29, 1.82) is 0 Å². The molecule has 4 heteroatoms.